The molecule has 4 rings (SSSR count). The summed E-state index contributed by atoms with van der Waals surface area (Å²) in [6, 6.07) is 8.09. The number of aryl methyl sites for hydroxylation is 2. The summed E-state index contributed by atoms with van der Waals surface area (Å²) in [5.74, 6) is -0.213. The molecule has 1 aromatic carbocycles. The van der Waals surface area contributed by atoms with Crippen LogP contribution in [0.2, 0.25) is 0 Å². The number of thiazole rings is 1. The predicted octanol–water partition coefficient (Wildman–Crippen LogP) is 4.38. The van der Waals surface area contributed by atoms with E-state index in [2.05, 4.69) is 43.9 Å². The zero-order valence-corrected chi connectivity index (χ0v) is 17.2. The zero-order chi connectivity index (χ0) is 17.7. The molecule has 3 heterocycles. The number of benzene rings is 1. The summed E-state index contributed by atoms with van der Waals surface area (Å²) < 4.78 is 2.25. The lowest BCUT2D eigenvalue weighted by molar-refractivity contribution is -0.321. The molecule has 0 spiro atoms. The number of anilines is 2. The number of nitrogens with one attached hydrogen (secondary N) is 2. The van der Waals surface area contributed by atoms with Crippen LogP contribution in [0.5, 0.6) is 0 Å². The molecule has 8 heteroatoms. The lowest BCUT2D eigenvalue weighted by atomic mass is 10.1. The van der Waals surface area contributed by atoms with Gasteiger partial charge in [0.2, 0.25) is 0 Å². The molecule has 0 aliphatic rings. The van der Waals surface area contributed by atoms with Gasteiger partial charge in [-0.3, -0.25) is 0 Å². The van der Waals surface area contributed by atoms with E-state index < -0.39 is 0 Å². The summed E-state index contributed by atoms with van der Waals surface area (Å²) in [6.07, 6.45) is 0. The maximum absolute atomic E-state index is 12.7. The summed E-state index contributed by atoms with van der Waals surface area (Å²) in [6.45, 7) is 3.93. The van der Waals surface area contributed by atoms with E-state index in [1.165, 1.54) is 22.7 Å². The zero-order valence-electron chi connectivity index (χ0n) is 13.4. The molecule has 0 radical (unpaired) electrons. The average molecular weight is 481 g/mol. The Morgan fingerprint density at radius 2 is 2.08 bits per heavy atom. The summed E-state index contributed by atoms with van der Waals surface area (Å²) in [7, 11) is 0. The number of pyridine rings is 1. The highest BCUT2D eigenvalue weighted by Gasteiger charge is 2.24. The third-order valence-corrected chi connectivity index (χ3v) is 6.60. The van der Waals surface area contributed by atoms with Crippen molar-refractivity contribution < 1.29 is 9.78 Å². The monoisotopic (exact) mass is 481 g/mol. The van der Waals surface area contributed by atoms with E-state index in [0.717, 1.165) is 35.3 Å². The maximum atomic E-state index is 12.7. The molecular weight excluding hydrogens is 467 g/mol. The molecule has 126 valence electrons. The molecule has 0 fully saturated rings. The predicted molar refractivity (Wildman–Crippen MR) is 113 cm³/mol. The molecule has 0 atom stereocenters. The first kappa shape index (κ1) is 16.7. The van der Waals surface area contributed by atoms with Gasteiger partial charge in [0.15, 0.2) is 0 Å². The standard InChI is InChI=1S/C17H13IN4OS2/c1-7-5-8(2)20-16-12(7)13(19)14(25-16)15(23)22-17-21-10-4-3-9(18)6-11(10)24-17/h3-6H,19H2,1-2H3,(H,21,22,23)/p+1. The highest BCUT2D eigenvalue weighted by molar-refractivity contribution is 14.1. The number of thiophene rings is 1. The third kappa shape index (κ3) is 2.98. The van der Waals surface area contributed by atoms with Crippen molar-refractivity contribution in [2.24, 2.45) is 0 Å². The number of nitrogens with two attached hydrogens (primary N) is 1. The van der Waals surface area contributed by atoms with Crippen LogP contribution in [-0.4, -0.2) is 10.9 Å². The molecule has 0 bridgehead atoms. The first-order chi connectivity index (χ1) is 11.9. The molecule has 0 aliphatic heterocycles. The van der Waals surface area contributed by atoms with Gasteiger partial charge in [-0.2, -0.15) is 5.32 Å². The van der Waals surface area contributed by atoms with Crippen molar-refractivity contribution in [1.29, 1.82) is 0 Å². The van der Waals surface area contributed by atoms with Crippen molar-refractivity contribution in [3.8, 4) is 0 Å². The van der Waals surface area contributed by atoms with Crippen LogP contribution in [0.25, 0.3) is 20.4 Å². The second kappa shape index (κ2) is 6.19. The van der Waals surface area contributed by atoms with Crippen LogP contribution < -0.4 is 16.0 Å². The molecule has 1 amide bonds. The van der Waals surface area contributed by atoms with Crippen LogP contribution in [0.4, 0.5) is 10.8 Å². The molecule has 0 aliphatic carbocycles. The number of fused-ring (bicyclic) bond motifs is 2. The van der Waals surface area contributed by atoms with Crippen molar-refractivity contribution in [1.82, 2.24) is 4.98 Å². The van der Waals surface area contributed by atoms with Gasteiger partial charge in [0.1, 0.15) is 15.2 Å². The SMILES string of the molecule is Cc1cc(C)c2c(N)c(C(=O)Nc3[nH+]c4ccc(I)cc4s3)sc2n1. The number of nitrogens with zero attached hydrogens (tertiary/aromatic N) is 1. The number of nitrogen functional groups attached to an aromatic ring is 1. The topological polar surface area (TPSA) is 82.2 Å². The molecule has 5 nitrogen and oxygen atoms in total. The Morgan fingerprint density at radius 3 is 2.88 bits per heavy atom. The van der Waals surface area contributed by atoms with Gasteiger partial charge in [0.25, 0.3) is 0 Å². The van der Waals surface area contributed by atoms with Crippen molar-refractivity contribution in [2.75, 3.05) is 11.1 Å². The highest BCUT2D eigenvalue weighted by atomic mass is 127. The number of aromatic amines is 1. The molecule has 4 N–H and O–H groups in total. The normalized spacial score (nSPS) is 11.3. The smallest absolute Gasteiger partial charge is 0.351 e. The van der Waals surface area contributed by atoms with E-state index in [9.17, 15) is 4.79 Å². The molecule has 3 aromatic heterocycles. The first-order valence-electron chi connectivity index (χ1n) is 7.51. The Balaban J connectivity index is 1.71. The molecule has 0 unspecified atom stereocenters. The van der Waals surface area contributed by atoms with Crippen molar-refractivity contribution in [3.05, 3.63) is 44.0 Å². The van der Waals surface area contributed by atoms with Crippen LogP contribution in [0, 0.1) is 17.4 Å². The maximum Gasteiger partial charge on any atom is 0.351 e. The minimum atomic E-state index is -0.213. The number of hydrogen-bond acceptors (Lipinski definition) is 5. The van der Waals surface area contributed by atoms with E-state index in [1.54, 1.807) is 0 Å². The van der Waals surface area contributed by atoms with Gasteiger partial charge >= 0.3 is 11.0 Å². The van der Waals surface area contributed by atoms with E-state index in [4.69, 9.17) is 5.73 Å². The fourth-order valence-corrected chi connectivity index (χ4v) is 5.55. The minimum absolute atomic E-state index is 0.213. The largest absolute Gasteiger partial charge is 0.397 e. The number of rotatable bonds is 2. The van der Waals surface area contributed by atoms with Gasteiger partial charge in [-0.05, 0) is 77.6 Å². The van der Waals surface area contributed by atoms with Crippen LogP contribution in [0.3, 0.4) is 0 Å². The van der Waals surface area contributed by atoms with Crippen LogP contribution in [-0.2, 0) is 0 Å². The number of amides is 1. The van der Waals surface area contributed by atoms with Crippen molar-refractivity contribution in [2.45, 2.75) is 13.8 Å². The van der Waals surface area contributed by atoms with E-state index in [1.807, 2.05) is 32.0 Å². The molecule has 0 saturated carbocycles. The number of carbonyl (C=O) groups is 1. The summed E-state index contributed by atoms with van der Waals surface area (Å²) in [5.41, 5.74) is 9.70. The van der Waals surface area contributed by atoms with E-state index >= 15 is 0 Å². The lowest BCUT2D eigenvalue weighted by Gasteiger charge is -1.99. The van der Waals surface area contributed by atoms with Crippen molar-refractivity contribution >= 4 is 82.4 Å². The van der Waals surface area contributed by atoms with E-state index in [0.29, 0.717) is 15.7 Å². The number of aromatic nitrogens is 2. The molecule has 0 saturated heterocycles. The number of carbonyl (C=O) groups excluding carboxylic acids is 1. The first-order valence-corrected chi connectivity index (χ1v) is 10.2. The van der Waals surface area contributed by atoms with Gasteiger partial charge < -0.3 is 5.73 Å². The Bertz CT molecular complexity index is 1150. The van der Waals surface area contributed by atoms with Gasteiger partial charge in [0, 0.05) is 14.7 Å². The minimum Gasteiger partial charge on any atom is -0.397 e. The van der Waals surface area contributed by atoms with Gasteiger partial charge in [-0.1, -0.05) is 0 Å². The summed E-state index contributed by atoms with van der Waals surface area (Å²) in [4.78, 5) is 21.8. The Hall–Kier alpha value is -1.78. The summed E-state index contributed by atoms with van der Waals surface area (Å²) in [5, 5.41) is 4.49. The van der Waals surface area contributed by atoms with Crippen LogP contribution in [0.1, 0.15) is 20.9 Å². The lowest BCUT2D eigenvalue weighted by Crippen LogP contribution is -2.16. The molecule has 4 aromatic rings. The van der Waals surface area contributed by atoms with Crippen LogP contribution in [0.15, 0.2) is 24.3 Å². The Kier molecular flexibility index (Phi) is 4.13. The van der Waals surface area contributed by atoms with Crippen LogP contribution >= 0.6 is 45.3 Å². The second-order valence-corrected chi connectivity index (χ2v) is 9.05. The average Bonchev–Trinajstić information content (AvgIpc) is 3.07. The molecule has 25 heavy (non-hydrogen) atoms. The fourth-order valence-electron chi connectivity index (χ4n) is 2.80. The fraction of sp³-hybridized carbons (Fsp3) is 0.118. The number of H-pyrrole nitrogens is 1. The van der Waals surface area contributed by atoms with Gasteiger partial charge in [-0.15, -0.1) is 11.3 Å². The van der Waals surface area contributed by atoms with Crippen molar-refractivity contribution in [3.63, 3.8) is 0 Å². The Labute approximate surface area is 165 Å². The highest BCUT2D eigenvalue weighted by Crippen LogP contribution is 2.35. The second-order valence-electron chi connectivity index (χ2n) is 5.76. The number of hydrogen-bond donors (Lipinski definition) is 2. The van der Waals surface area contributed by atoms with Gasteiger partial charge in [-0.25, -0.2) is 14.8 Å². The Morgan fingerprint density at radius 1 is 1.28 bits per heavy atom. The quantitative estimate of drug-likeness (QED) is 0.417. The number of halogens is 1. The summed E-state index contributed by atoms with van der Waals surface area (Å²) >= 11 is 5.11. The van der Waals surface area contributed by atoms with Gasteiger partial charge in [0.05, 0.1) is 10.4 Å². The molecular formula is C17H14IN4OS2+. The third-order valence-electron chi connectivity index (χ3n) is 3.86. The van der Waals surface area contributed by atoms with E-state index in [-0.39, 0.29) is 5.91 Å².